The molecule has 0 aliphatic carbocycles. The third-order valence-corrected chi connectivity index (χ3v) is 3.19. The molecule has 20 heavy (non-hydrogen) atoms. The summed E-state index contributed by atoms with van der Waals surface area (Å²) < 4.78 is 18.7. The average molecular weight is 273 g/mol. The van der Waals surface area contributed by atoms with Gasteiger partial charge in [0, 0.05) is 12.1 Å². The molecule has 0 fully saturated rings. The Morgan fingerprint density at radius 1 is 1.15 bits per heavy atom. The van der Waals surface area contributed by atoms with Crippen LogP contribution in [0.25, 0.3) is 0 Å². The van der Waals surface area contributed by atoms with Crippen LogP contribution in [0.4, 0.5) is 10.1 Å². The number of anilines is 1. The van der Waals surface area contributed by atoms with Crippen molar-refractivity contribution in [3.05, 3.63) is 59.4 Å². The molecule has 3 heteroatoms. The minimum absolute atomic E-state index is 0.125. The van der Waals surface area contributed by atoms with E-state index in [9.17, 15) is 4.39 Å². The van der Waals surface area contributed by atoms with E-state index in [1.54, 1.807) is 6.07 Å². The highest BCUT2D eigenvalue weighted by atomic mass is 19.1. The van der Waals surface area contributed by atoms with E-state index in [-0.39, 0.29) is 11.9 Å². The Bertz CT molecular complexity index is 566. The number of ether oxygens (including phenoxy) is 1. The van der Waals surface area contributed by atoms with Crippen molar-refractivity contribution in [2.24, 2.45) is 0 Å². The molecule has 0 saturated heterocycles. The Labute approximate surface area is 119 Å². The smallest absolute Gasteiger partial charge is 0.145 e. The van der Waals surface area contributed by atoms with Gasteiger partial charge in [0.2, 0.25) is 0 Å². The predicted octanol–water partition coefficient (Wildman–Crippen LogP) is 4.71. The molecule has 0 radical (unpaired) electrons. The van der Waals surface area contributed by atoms with E-state index in [4.69, 9.17) is 4.74 Å². The number of halogens is 1. The van der Waals surface area contributed by atoms with Crippen molar-refractivity contribution in [2.75, 3.05) is 11.9 Å². The van der Waals surface area contributed by atoms with Crippen LogP contribution in [0.5, 0.6) is 5.75 Å². The normalized spacial score (nSPS) is 12.0. The molecule has 0 aliphatic heterocycles. The topological polar surface area (TPSA) is 21.3 Å². The van der Waals surface area contributed by atoms with Crippen LogP contribution in [0.1, 0.15) is 31.0 Å². The van der Waals surface area contributed by atoms with Gasteiger partial charge in [-0.25, -0.2) is 4.39 Å². The second-order valence-electron chi connectivity index (χ2n) is 4.85. The molecule has 2 aromatic rings. The molecule has 2 nitrogen and oxygen atoms in total. The zero-order chi connectivity index (χ0) is 14.5. The molecule has 0 spiro atoms. The molecule has 0 saturated carbocycles. The minimum atomic E-state index is -0.290. The van der Waals surface area contributed by atoms with Crippen LogP contribution in [0, 0.1) is 12.7 Å². The second kappa shape index (κ2) is 6.42. The highest BCUT2D eigenvalue weighted by molar-refractivity contribution is 5.57. The van der Waals surface area contributed by atoms with Gasteiger partial charge in [0.25, 0.3) is 0 Å². The summed E-state index contributed by atoms with van der Waals surface area (Å²) in [5.74, 6) is 0.258. The van der Waals surface area contributed by atoms with Crippen LogP contribution in [0.2, 0.25) is 0 Å². The molecule has 0 aromatic heterocycles. The van der Waals surface area contributed by atoms with E-state index in [2.05, 4.69) is 43.4 Å². The van der Waals surface area contributed by atoms with Crippen molar-refractivity contribution in [1.29, 1.82) is 0 Å². The molecule has 2 rings (SSSR count). The number of hydrogen-bond acceptors (Lipinski definition) is 2. The minimum Gasteiger partial charge on any atom is -0.492 e. The monoisotopic (exact) mass is 273 g/mol. The Hall–Kier alpha value is -2.03. The Balaban J connectivity index is 2.18. The van der Waals surface area contributed by atoms with E-state index >= 15 is 0 Å². The average Bonchev–Trinajstić information content (AvgIpc) is 2.43. The van der Waals surface area contributed by atoms with Gasteiger partial charge < -0.3 is 10.1 Å². The largest absolute Gasteiger partial charge is 0.492 e. The molecule has 0 amide bonds. The standard InChI is InChI=1S/C17H20FNO/c1-4-20-17-11-15(18)9-10-16(17)19-13(3)14-7-5-12(2)6-8-14/h5-11,13,19H,4H2,1-3H3. The molecule has 0 aliphatic rings. The fourth-order valence-corrected chi connectivity index (χ4v) is 2.06. The lowest BCUT2D eigenvalue weighted by Crippen LogP contribution is -2.08. The number of aryl methyl sites for hydroxylation is 1. The molecule has 106 valence electrons. The highest BCUT2D eigenvalue weighted by Crippen LogP contribution is 2.29. The van der Waals surface area contributed by atoms with Crippen LogP contribution in [0.15, 0.2) is 42.5 Å². The maximum Gasteiger partial charge on any atom is 0.145 e. The molecule has 1 N–H and O–H groups in total. The van der Waals surface area contributed by atoms with Crippen LogP contribution in [-0.4, -0.2) is 6.61 Å². The fraction of sp³-hybridized carbons (Fsp3) is 0.294. The van der Waals surface area contributed by atoms with Gasteiger partial charge >= 0.3 is 0 Å². The Morgan fingerprint density at radius 3 is 2.50 bits per heavy atom. The van der Waals surface area contributed by atoms with E-state index < -0.39 is 0 Å². The van der Waals surface area contributed by atoms with Crippen molar-refractivity contribution in [1.82, 2.24) is 0 Å². The molecular formula is C17H20FNO. The van der Waals surface area contributed by atoms with Crippen molar-refractivity contribution in [3.8, 4) is 5.75 Å². The maximum absolute atomic E-state index is 13.3. The fourth-order valence-electron chi connectivity index (χ4n) is 2.06. The predicted molar refractivity (Wildman–Crippen MR) is 80.8 cm³/mol. The summed E-state index contributed by atoms with van der Waals surface area (Å²) in [5, 5.41) is 3.37. The summed E-state index contributed by atoms with van der Waals surface area (Å²) in [5.41, 5.74) is 3.22. The van der Waals surface area contributed by atoms with Gasteiger partial charge in [0.15, 0.2) is 0 Å². The summed E-state index contributed by atoms with van der Waals surface area (Å²) in [6.45, 7) is 6.54. The first-order chi connectivity index (χ1) is 9.60. The zero-order valence-corrected chi connectivity index (χ0v) is 12.1. The van der Waals surface area contributed by atoms with Gasteiger partial charge in [-0.3, -0.25) is 0 Å². The second-order valence-corrected chi connectivity index (χ2v) is 4.85. The van der Waals surface area contributed by atoms with Crippen LogP contribution in [0.3, 0.4) is 0 Å². The lowest BCUT2D eigenvalue weighted by Gasteiger charge is -2.18. The molecular weight excluding hydrogens is 253 g/mol. The van der Waals surface area contributed by atoms with Gasteiger partial charge in [-0.05, 0) is 38.5 Å². The number of nitrogens with one attached hydrogen (secondary N) is 1. The first-order valence-electron chi connectivity index (χ1n) is 6.85. The van der Waals surface area contributed by atoms with Gasteiger partial charge in [-0.1, -0.05) is 29.8 Å². The SMILES string of the molecule is CCOc1cc(F)ccc1NC(C)c1ccc(C)cc1. The number of benzene rings is 2. The van der Waals surface area contributed by atoms with E-state index in [1.807, 2.05) is 6.92 Å². The summed E-state index contributed by atoms with van der Waals surface area (Å²) in [6.07, 6.45) is 0. The highest BCUT2D eigenvalue weighted by Gasteiger charge is 2.10. The lowest BCUT2D eigenvalue weighted by molar-refractivity contribution is 0.339. The van der Waals surface area contributed by atoms with Crippen molar-refractivity contribution >= 4 is 5.69 Å². The van der Waals surface area contributed by atoms with Gasteiger partial charge in [-0.2, -0.15) is 0 Å². The number of rotatable bonds is 5. The summed E-state index contributed by atoms with van der Waals surface area (Å²) in [6, 6.07) is 13.0. The van der Waals surface area contributed by atoms with Gasteiger partial charge in [0.05, 0.1) is 12.3 Å². The summed E-state index contributed by atoms with van der Waals surface area (Å²) >= 11 is 0. The van der Waals surface area contributed by atoms with Crippen molar-refractivity contribution in [2.45, 2.75) is 26.8 Å². The summed E-state index contributed by atoms with van der Waals surface area (Å²) in [7, 11) is 0. The number of hydrogen-bond donors (Lipinski definition) is 1. The molecule has 0 heterocycles. The van der Waals surface area contributed by atoms with Crippen LogP contribution < -0.4 is 10.1 Å². The Kier molecular flexibility index (Phi) is 4.61. The van der Waals surface area contributed by atoms with Crippen molar-refractivity contribution < 1.29 is 9.13 Å². The van der Waals surface area contributed by atoms with Gasteiger partial charge in [0.1, 0.15) is 11.6 Å². The van der Waals surface area contributed by atoms with E-state index in [0.29, 0.717) is 12.4 Å². The van der Waals surface area contributed by atoms with E-state index in [0.717, 1.165) is 5.69 Å². The van der Waals surface area contributed by atoms with Crippen molar-refractivity contribution in [3.63, 3.8) is 0 Å². The quantitative estimate of drug-likeness (QED) is 0.852. The molecule has 1 unspecified atom stereocenters. The molecule has 1 atom stereocenters. The third kappa shape index (κ3) is 3.50. The van der Waals surface area contributed by atoms with Crippen LogP contribution >= 0.6 is 0 Å². The molecule has 0 bridgehead atoms. The zero-order valence-electron chi connectivity index (χ0n) is 12.1. The van der Waals surface area contributed by atoms with Crippen LogP contribution in [-0.2, 0) is 0 Å². The Morgan fingerprint density at radius 2 is 1.85 bits per heavy atom. The molecule has 2 aromatic carbocycles. The maximum atomic E-state index is 13.3. The lowest BCUT2D eigenvalue weighted by atomic mass is 10.1. The van der Waals surface area contributed by atoms with E-state index in [1.165, 1.54) is 23.3 Å². The first-order valence-corrected chi connectivity index (χ1v) is 6.85. The third-order valence-electron chi connectivity index (χ3n) is 3.19. The first kappa shape index (κ1) is 14.4. The van der Waals surface area contributed by atoms with Gasteiger partial charge in [-0.15, -0.1) is 0 Å². The summed E-state index contributed by atoms with van der Waals surface area (Å²) in [4.78, 5) is 0.